The molecular formula is C10H13N3O2. The molecule has 3 rings (SSSR count). The predicted molar refractivity (Wildman–Crippen MR) is 55.3 cm³/mol. The van der Waals surface area contributed by atoms with E-state index in [-0.39, 0.29) is 5.56 Å². The second-order valence-electron chi connectivity index (χ2n) is 4.09. The van der Waals surface area contributed by atoms with Crippen molar-refractivity contribution < 1.29 is 4.74 Å². The number of nitrogens with zero attached hydrogens (tertiary/aromatic N) is 3. The third kappa shape index (κ3) is 1.15. The standard InChI is InChI=1S/C10H13N3O2/c1-12-10(14)9-8(5-11-12)15-6-7-3-2-4-13(7)9/h5,7H,2-4,6H2,1H3/t7-/m0/s1. The number of ether oxygens (including phenoxy) is 1. The van der Waals surface area contributed by atoms with Crippen LogP contribution >= 0.6 is 0 Å². The largest absolute Gasteiger partial charge is 0.487 e. The van der Waals surface area contributed by atoms with Crippen LogP contribution in [0.25, 0.3) is 0 Å². The Bertz CT molecular complexity index is 454. The fourth-order valence-corrected chi connectivity index (χ4v) is 2.37. The van der Waals surface area contributed by atoms with E-state index in [0.717, 1.165) is 19.4 Å². The van der Waals surface area contributed by atoms with E-state index in [0.29, 0.717) is 24.1 Å². The van der Waals surface area contributed by atoms with Gasteiger partial charge in [0, 0.05) is 13.6 Å². The van der Waals surface area contributed by atoms with Crippen LogP contribution in [-0.4, -0.2) is 29.0 Å². The summed E-state index contributed by atoms with van der Waals surface area (Å²) >= 11 is 0. The second kappa shape index (κ2) is 2.98. The van der Waals surface area contributed by atoms with Crippen molar-refractivity contribution in [1.29, 1.82) is 0 Å². The van der Waals surface area contributed by atoms with Crippen LogP contribution in [0.2, 0.25) is 0 Å². The van der Waals surface area contributed by atoms with Crippen LogP contribution in [0.5, 0.6) is 5.75 Å². The van der Waals surface area contributed by atoms with Gasteiger partial charge in [-0.1, -0.05) is 0 Å². The molecule has 5 heteroatoms. The Labute approximate surface area is 87.3 Å². The van der Waals surface area contributed by atoms with Gasteiger partial charge in [0.15, 0.2) is 5.75 Å². The highest BCUT2D eigenvalue weighted by atomic mass is 16.5. The smallest absolute Gasteiger partial charge is 0.293 e. The topological polar surface area (TPSA) is 47.4 Å². The summed E-state index contributed by atoms with van der Waals surface area (Å²) in [4.78, 5) is 14.1. The van der Waals surface area contributed by atoms with Crippen LogP contribution in [-0.2, 0) is 7.05 Å². The van der Waals surface area contributed by atoms with Crippen molar-refractivity contribution in [3.05, 3.63) is 16.6 Å². The quantitative estimate of drug-likeness (QED) is 0.607. The Morgan fingerprint density at radius 1 is 1.60 bits per heavy atom. The SMILES string of the molecule is Cn1ncc2c(c1=O)N1CCC[C@H]1CO2. The van der Waals surface area contributed by atoms with Gasteiger partial charge in [0.05, 0.1) is 12.2 Å². The summed E-state index contributed by atoms with van der Waals surface area (Å²) in [5.74, 6) is 0.635. The van der Waals surface area contributed by atoms with Crippen LogP contribution in [0.3, 0.4) is 0 Å². The molecule has 0 aromatic carbocycles. The molecule has 1 fully saturated rings. The maximum Gasteiger partial charge on any atom is 0.293 e. The Balaban J connectivity index is 2.19. The molecule has 0 spiro atoms. The molecule has 2 aliphatic heterocycles. The molecule has 0 amide bonds. The number of rotatable bonds is 0. The molecule has 2 aliphatic rings. The minimum absolute atomic E-state index is 0.0564. The van der Waals surface area contributed by atoms with E-state index in [2.05, 4.69) is 10.00 Å². The van der Waals surface area contributed by atoms with E-state index in [9.17, 15) is 4.79 Å². The van der Waals surface area contributed by atoms with E-state index in [1.165, 1.54) is 4.68 Å². The van der Waals surface area contributed by atoms with Gasteiger partial charge in [-0.25, -0.2) is 4.68 Å². The lowest BCUT2D eigenvalue weighted by Crippen LogP contribution is -2.42. The summed E-state index contributed by atoms with van der Waals surface area (Å²) in [6, 6.07) is 0.382. The second-order valence-corrected chi connectivity index (χ2v) is 4.09. The molecule has 1 saturated heterocycles. The number of fused-ring (bicyclic) bond motifs is 3. The van der Waals surface area contributed by atoms with Gasteiger partial charge in [-0.05, 0) is 12.8 Å². The Morgan fingerprint density at radius 2 is 2.47 bits per heavy atom. The van der Waals surface area contributed by atoms with Crippen LogP contribution < -0.4 is 15.2 Å². The van der Waals surface area contributed by atoms with E-state index >= 15 is 0 Å². The highest BCUT2D eigenvalue weighted by Gasteiger charge is 2.33. The molecule has 15 heavy (non-hydrogen) atoms. The number of aromatic nitrogens is 2. The molecule has 0 N–H and O–H groups in total. The molecule has 0 bridgehead atoms. The molecule has 5 nitrogen and oxygen atoms in total. The van der Waals surface area contributed by atoms with Gasteiger partial charge >= 0.3 is 0 Å². The molecular weight excluding hydrogens is 194 g/mol. The zero-order valence-corrected chi connectivity index (χ0v) is 8.64. The molecule has 1 aromatic rings. The minimum Gasteiger partial charge on any atom is -0.487 e. The van der Waals surface area contributed by atoms with Gasteiger partial charge in [-0.15, -0.1) is 0 Å². The first-order valence-corrected chi connectivity index (χ1v) is 5.23. The predicted octanol–water partition coefficient (Wildman–Crippen LogP) is 0.141. The van der Waals surface area contributed by atoms with Crippen LogP contribution in [0, 0.1) is 0 Å². The van der Waals surface area contributed by atoms with Gasteiger partial charge in [0.1, 0.15) is 12.3 Å². The molecule has 1 aromatic heterocycles. The summed E-state index contributed by atoms with van der Waals surface area (Å²) < 4.78 is 6.92. The number of anilines is 1. The monoisotopic (exact) mass is 207 g/mol. The van der Waals surface area contributed by atoms with Crippen molar-refractivity contribution in [2.45, 2.75) is 18.9 Å². The van der Waals surface area contributed by atoms with Crippen molar-refractivity contribution in [3.63, 3.8) is 0 Å². The average molecular weight is 207 g/mol. The van der Waals surface area contributed by atoms with Crippen molar-refractivity contribution in [3.8, 4) is 5.75 Å². The van der Waals surface area contributed by atoms with Gasteiger partial charge in [0.2, 0.25) is 0 Å². The zero-order chi connectivity index (χ0) is 10.4. The molecule has 0 saturated carbocycles. The summed E-state index contributed by atoms with van der Waals surface area (Å²) in [5, 5.41) is 3.96. The lowest BCUT2D eigenvalue weighted by Gasteiger charge is -2.32. The van der Waals surface area contributed by atoms with Gasteiger partial charge < -0.3 is 9.64 Å². The Hall–Kier alpha value is -1.52. The molecule has 1 atom stereocenters. The van der Waals surface area contributed by atoms with Crippen molar-refractivity contribution >= 4 is 5.69 Å². The fraction of sp³-hybridized carbons (Fsp3) is 0.600. The summed E-state index contributed by atoms with van der Waals surface area (Å²) in [7, 11) is 1.67. The molecule has 80 valence electrons. The maximum absolute atomic E-state index is 11.9. The summed E-state index contributed by atoms with van der Waals surface area (Å²) in [5.41, 5.74) is 0.639. The lowest BCUT2D eigenvalue weighted by molar-refractivity contribution is 0.268. The lowest BCUT2D eigenvalue weighted by atomic mass is 10.2. The van der Waals surface area contributed by atoms with E-state index in [1.54, 1.807) is 13.2 Å². The van der Waals surface area contributed by atoms with Crippen molar-refractivity contribution in [2.24, 2.45) is 7.05 Å². The average Bonchev–Trinajstić information content (AvgIpc) is 2.70. The highest BCUT2D eigenvalue weighted by molar-refractivity contribution is 5.58. The zero-order valence-electron chi connectivity index (χ0n) is 8.64. The van der Waals surface area contributed by atoms with Crippen LogP contribution in [0.1, 0.15) is 12.8 Å². The summed E-state index contributed by atoms with van der Waals surface area (Å²) in [6.45, 7) is 1.64. The van der Waals surface area contributed by atoms with Gasteiger partial charge in [-0.2, -0.15) is 5.10 Å². The molecule has 3 heterocycles. The Morgan fingerprint density at radius 3 is 3.33 bits per heavy atom. The molecule has 0 aliphatic carbocycles. The third-order valence-corrected chi connectivity index (χ3v) is 3.17. The fourth-order valence-electron chi connectivity index (χ4n) is 2.37. The Kier molecular flexibility index (Phi) is 1.74. The van der Waals surface area contributed by atoms with Crippen LogP contribution in [0.15, 0.2) is 11.0 Å². The van der Waals surface area contributed by atoms with Gasteiger partial charge in [0.25, 0.3) is 5.56 Å². The minimum atomic E-state index is -0.0564. The van der Waals surface area contributed by atoms with Crippen LogP contribution in [0.4, 0.5) is 5.69 Å². The first-order chi connectivity index (χ1) is 7.27. The normalized spacial score (nSPS) is 23.3. The first-order valence-electron chi connectivity index (χ1n) is 5.23. The van der Waals surface area contributed by atoms with E-state index < -0.39 is 0 Å². The van der Waals surface area contributed by atoms with Crippen molar-refractivity contribution in [2.75, 3.05) is 18.1 Å². The number of hydrogen-bond donors (Lipinski definition) is 0. The summed E-state index contributed by atoms with van der Waals surface area (Å²) in [6.07, 6.45) is 3.88. The van der Waals surface area contributed by atoms with E-state index in [1.807, 2.05) is 0 Å². The van der Waals surface area contributed by atoms with E-state index in [4.69, 9.17) is 4.74 Å². The number of hydrogen-bond acceptors (Lipinski definition) is 4. The molecule has 0 unspecified atom stereocenters. The number of aryl methyl sites for hydroxylation is 1. The first kappa shape index (κ1) is 8.76. The maximum atomic E-state index is 11.9. The van der Waals surface area contributed by atoms with Gasteiger partial charge in [-0.3, -0.25) is 4.79 Å². The third-order valence-electron chi connectivity index (χ3n) is 3.17. The highest BCUT2D eigenvalue weighted by Crippen LogP contribution is 2.34. The van der Waals surface area contributed by atoms with Crippen molar-refractivity contribution in [1.82, 2.24) is 9.78 Å². The molecule has 0 radical (unpaired) electrons.